The van der Waals surface area contributed by atoms with E-state index in [0.717, 1.165) is 118 Å². The first-order valence-electron chi connectivity index (χ1n) is 44.7. The molecule has 0 saturated heterocycles. The van der Waals surface area contributed by atoms with Crippen molar-refractivity contribution in [2.24, 2.45) is 0 Å². The lowest BCUT2D eigenvalue weighted by molar-refractivity contribution is 0.569. The molecule has 566 valence electrons. The van der Waals surface area contributed by atoms with Gasteiger partial charge in [-0.2, -0.15) is 0 Å². The number of nitrogens with zero attached hydrogens (tertiary/aromatic N) is 3. The predicted molar refractivity (Wildman–Crippen MR) is 487 cm³/mol. The molecule has 0 fully saturated rings. The summed E-state index contributed by atoms with van der Waals surface area (Å²) >= 11 is 0. The molecule has 2 aliphatic heterocycles. The molecule has 1 aromatic heterocycles. The van der Waals surface area contributed by atoms with Crippen LogP contribution in [0.15, 0.2) is 297 Å². The minimum atomic E-state index is -0.549. The molecule has 0 saturated carbocycles. The summed E-state index contributed by atoms with van der Waals surface area (Å²) < 4.78 is 78.7. The van der Waals surface area contributed by atoms with Gasteiger partial charge in [-0.15, -0.1) is 0 Å². The van der Waals surface area contributed by atoms with Crippen molar-refractivity contribution in [3.63, 3.8) is 0 Å². The molecule has 0 radical (unpaired) electrons. The molecule has 0 N–H and O–H groups in total. The number of fused-ring (bicyclic) bond motifs is 9. The van der Waals surface area contributed by atoms with E-state index in [1.807, 2.05) is 6.07 Å². The second-order valence-electron chi connectivity index (χ2n) is 38.4. The Bertz CT molecular complexity index is 6500. The van der Waals surface area contributed by atoms with Crippen molar-refractivity contribution in [3.05, 3.63) is 375 Å². The van der Waals surface area contributed by atoms with Crippen LogP contribution in [0.2, 0.25) is 0 Å². The summed E-state index contributed by atoms with van der Waals surface area (Å²) in [6, 6.07) is 90.7. The lowest BCUT2D eigenvalue weighted by atomic mass is 9.71. The average Bonchev–Trinajstić information content (AvgIpc) is 0.913. The van der Waals surface area contributed by atoms with Gasteiger partial charge in [-0.25, -0.2) is 0 Å². The standard InChI is InChI=1S/C111H107N3/c1-106(2,3)78-50-41-69(42-51-78)87-35-27-36-88(70-43-52-79(53-44-70)107(4,5)6)104(87)113-97-60-49-73(76-62-82(110(13,14)15)67-83(63-76)111(16,17)18)64-94(97)102-93-59-58-84(112-95-39-25-23-33-91(95)92-34-24-26-40-96(92)112)68-98(93)114(100-66-77(65-99(113)103(100)102)101-85-31-21-19-29-74(85)61-75-30-20-22-32-86(75)101)105-89(71-45-54-80(55-46-71)108(7,8)9)37-28-38-90(105)72-47-56-81(57-48-72)109(10,11)12/h19-60,62-68,101-102H,61H2,1-18H3/i23D,24D,25D,26D,33D,34D,39D,40D. The van der Waals surface area contributed by atoms with Gasteiger partial charge in [0, 0.05) is 56.1 Å². The van der Waals surface area contributed by atoms with Crippen molar-refractivity contribution in [2.75, 3.05) is 9.80 Å². The highest BCUT2D eigenvalue weighted by molar-refractivity contribution is 6.11. The molecule has 1 unspecified atom stereocenters. The third-order valence-corrected chi connectivity index (χ3v) is 24.6. The number of rotatable bonds is 9. The Morgan fingerprint density at radius 1 is 0.281 bits per heavy atom. The Morgan fingerprint density at radius 3 is 1.06 bits per heavy atom. The van der Waals surface area contributed by atoms with Gasteiger partial charge in [0.05, 0.1) is 56.1 Å². The fourth-order valence-corrected chi connectivity index (χ4v) is 18.1. The zero-order valence-electron chi connectivity index (χ0n) is 77.4. The Kier molecular flexibility index (Phi) is 15.4. The van der Waals surface area contributed by atoms with E-state index in [4.69, 9.17) is 0 Å². The Morgan fingerprint density at radius 2 is 0.658 bits per heavy atom. The lowest BCUT2D eigenvalue weighted by Crippen LogP contribution is -2.31. The van der Waals surface area contributed by atoms with Gasteiger partial charge in [-0.1, -0.05) is 373 Å². The summed E-state index contributed by atoms with van der Waals surface area (Å²) in [6.45, 7) is 41.0. The van der Waals surface area contributed by atoms with Crippen LogP contribution >= 0.6 is 0 Å². The number of aromatic nitrogens is 1. The molecule has 1 atom stereocenters. The molecule has 114 heavy (non-hydrogen) atoms. The smallest absolute Gasteiger partial charge is 0.0645 e. The average molecular weight is 1490 g/mol. The second kappa shape index (κ2) is 27.1. The minimum Gasteiger partial charge on any atom is -0.309 e. The van der Waals surface area contributed by atoms with Crippen LogP contribution in [-0.2, 0) is 38.9 Å². The highest BCUT2D eigenvalue weighted by atomic mass is 15.2. The fraction of sp³-hybridized carbons (Fsp3) is 0.243. The van der Waals surface area contributed by atoms with Gasteiger partial charge in [0.2, 0.25) is 0 Å². The van der Waals surface area contributed by atoms with Crippen molar-refractivity contribution < 1.29 is 11.0 Å². The van der Waals surface area contributed by atoms with Crippen molar-refractivity contribution in [2.45, 2.75) is 175 Å². The van der Waals surface area contributed by atoms with Crippen LogP contribution in [0, 0.1) is 0 Å². The SMILES string of the molecule is [2H]c1c([2H])c([2H])c2c(c1[2H])c1c([2H])c([2H])c([2H])c([2H])c1n2-c1ccc2c(c1)N(c1c(-c3ccc(C(C)(C)C)cc3)cccc1-c1ccc(C(C)(C)C)cc1)c1cc(C3c4ccccc4Cc4ccccc43)cc3c1C2c1cc(-c2cc(C(C)(C)C)cc(C(C)(C)C)c2)ccc1N3c1c(-c2ccc(C(C)(C)C)cc2)cccc1-c1ccc(C(C)(C)C)cc1. The third-order valence-electron chi connectivity index (χ3n) is 24.6. The van der Waals surface area contributed by atoms with Crippen LogP contribution in [0.4, 0.5) is 34.1 Å². The highest BCUT2D eigenvalue weighted by Crippen LogP contribution is 2.65. The van der Waals surface area contributed by atoms with Crippen molar-refractivity contribution in [1.29, 1.82) is 0 Å². The molecule has 3 heteroatoms. The summed E-state index contributed by atoms with van der Waals surface area (Å²) in [5.74, 6) is -0.839. The van der Waals surface area contributed by atoms with E-state index in [9.17, 15) is 11.0 Å². The Balaban J connectivity index is 1.07. The molecular formula is C111H107N3. The normalized spacial score (nSPS) is 15.4. The number of hydrogen-bond acceptors (Lipinski definition) is 2. The van der Waals surface area contributed by atoms with E-state index in [0.29, 0.717) is 5.69 Å². The van der Waals surface area contributed by atoms with Crippen LogP contribution in [0.1, 0.15) is 225 Å². The zero-order chi connectivity index (χ0) is 86.4. The van der Waals surface area contributed by atoms with E-state index < -0.39 is 42.2 Å². The molecular weight excluding hydrogens is 1380 g/mol. The number of anilines is 6. The van der Waals surface area contributed by atoms with Crippen LogP contribution in [0.25, 0.3) is 83.1 Å². The molecule has 3 aliphatic rings. The third kappa shape index (κ3) is 12.8. The van der Waals surface area contributed by atoms with Crippen molar-refractivity contribution >= 4 is 55.9 Å². The second-order valence-corrected chi connectivity index (χ2v) is 38.4. The maximum absolute atomic E-state index is 10.0. The minimum absolute atomic E-state index is 0.0132. The van der Waals surface area contributed by atoms with Gasteiger partial charge in [0.25, 0.3) is 0 Å². The van der Waals surface area contributed by atoms with E-state index in [1.54, 1.807) is 4.57 Å². The van der Waals surface area contributed by atoms with E-state index in [-0.39, 0.29) is 72.3 Å². The van der Waals surface area contributed by atoms with E-state index in [2.05, 4.69) is 377 Å². The summed E-state index contributed by atoms with van der Waals surface area (Å²) in [5, 5.41) is 0.0263. The number of para-hydroxylation sites is 4. The van der Waals surface area contributed by atoms with Gasteiger partial charge in [-0.05, 0) is 193 Å². The molecule has 3 heterocycles. The van der Waals surface area contributed by atoms with Crippen molar-refractivity contribution in [1.82, 2.24) is 4.57 Å². The molecule has 0 bridgehead atoms. The van der Waals surface area contributed by atoms with Crippen LogP contribution in [0.5, 0.6) is 0 Å². The van der Waals surface area contributed by atoms with E-state index in [1.165, 1.54) is 55.6 Å². The molecule has 18 rings (SSSR count). The van der Waals surface area contributed by atoms with Gasteiger partial charge in [0.15, 0.2) is 0 Å². The largest absolute Gasteiger partial charge is 0.309 e. The predicted octanol–water partition coefficient (Wildman–Crippen LogP) is 30.7. The quantitative estimate of drug-likeness (QED) is 0.143. The monoisotopic (exact) mass is 1490 g/mol. The first-order valence-corrected chi connectivity index (χ1v) is 40.7. The fourth-order valence-electron chi connectivity index (χ4n) is 18.1. The molecule has 0 spiro atoms. The van der Waals surface area contributed by atoms with Gasteiger partial charge < -0.3 is 14.4 Å². The van der Waals surface area contributed by atoms with Crippen LogP contribution in [0.3, 0.4) is 0 Å². The summed E-state index contributed by atoms with van der Waals surface area (Å²) in [6.07, 6.45) is 0.766. The van der Waals surface area contributed by atoms with Gasteiger partial charge >= 0.3 is 0 Å². The summed E-state index contributed by atoms with van der Waals surface area (Å²) in [4.78, 5) is 5.17. The number of benzene rings is 14. The summed E-state index contributed by atoms with van der Waals surface area (Å²) in [7, 11) is 0. The molecule has 15 aromatic rings. The van der Waals surface area contributed by atoms with Gasteiger partial charge in [0.1, 0.15) is 0 Å². The maximum atomic E-state index is 10.0. The van der Waals surface area contributed by atoms with Crippen molar-refractivity contribution in [3.8, 4) is 61.3 Å². The Labute approximate surface area is 688 Å². The first kappa shape index (κ1) is 64.9. The highest BCUT2D eigenvalue weighted by Gasteiger charge is 2.45. The summed E-state index contributed by atoms with van der Waals surface area (Å²) in [5.41, 5.74) is 31.9. The number of hydrogen-bond donors (Lipinski definition) is 0. The molecule has 14 aromatic carbocycles. The first-order chi connectivity index (χ1) is 57.6. The molecule has 0 amide bonds. The molecule has 3 nitrogen and oxygen atoms in total. The van der Waals surface area contributed by atoms with E-state index >= 15 is 0 Å². The topological polar surface area (TPSA) is 11.4 Å². The Hall–Kier alpha value is -11.5. The lowest BCUT2D eigenvalue weighted by Gasteiger charge is -2.47. The van der Waals surface area contributed by atoms with Gasteiger partial charge in [-0.3, -0.25) is 0 Å². The van der Waals surface area contributed by atoms with Crippen LogP contribution in [-0.4, -0.2) is 4.57 Å². The molecule has 1 aliphatic carbocycles. The zero-order valence-corrected chi connectivity index (χ0v) is 69.4. The van der Waals surface area contributed by atoms with Crippen LogP contribution < -0.4 is 9.80 Å². The maximum Gasteiger partial charge on any atom is 0.0645 e.